The number of aliphatic hydroxyl groups excluding tert-OH is 1. The third-order valence-corrected chi connectivity index (χ3v) is 2.44. The predicted octanol–water partition coefficient (Wildman–Crippen LogP) is 1.27. The molecule has 7 heteroatoms. The number of phenolic OH excluding ortho intramolecular Hbond substituents is 1. The predicted molar refractivity (Wildman–Crippen MR) is 61.9 cm³/mol. The van der Waals surface area contributed by atoms with Crippen LogP contribution in [0.3, 0.4) is 0 Å². The maximum absolute atomic E-state index is 13.0. The van der Waals surface area contributed by atoms with Crippen molar-refractivity contribution in [1.29, 1.82) is 0 Å². The lowest BCUT2D eigenvalue weighted by atomic mass is 10.1. The number of nitrogens with zero attached hydrogens (tertiary/aromatic N) is 1. The normalized spacial score (nSPS) is 11.3. The second kappa shape index (κ2) is 7.10. The van der Waals surface area contributed by atoms with Crippen molar-refractivity contribution >= 4 is 5.78 Å². The molecule has 0 heterocycles. The average molecular weight is 277 g/mol. The second-order valence-electron chi connectivity index (χ2n) is 3.93. The molecule has 0 unspecified atom stereocenters. The van der Waals surface area contributed by atoms with Gasteiger partial charge in [0.05, 0.1) is 25.3 Å². The Labute approximate surface area is 108 Å². The molecule has 0 saturated carbocycles. The first-order chi connectivity index (χ1) is 8.93. The van der Waals surface area contributed by atoms with Gasteiger partial charge in [-0.05, 0) is 18.2 Å². The number of alkyl halides is 2. The van der Waals surface area contributed by atoms with E-state index in [-0.39, 0.29) is 18.7 Å². The van der Waals surface area contributed by atoms with Gasteiger partial charge >= 0.3 is 0 Å². The van der Waals surface area contributed by atoms with Crippen molar-refractivity contribution in [1.82, 2.24) is 4.90 Å². The second-order valence-corrected chi connectivity index (χ2v) is 3.93. The van der Waals surface area contributed by atoms with E-state index in [1.165, 1.54) is 0 Å². The summed E-state index contributed by atoms with van der Waals surface area (Å²) in [7, 11) is 0. The van der Waals surface area contributed by atoms with Crippen molar-refractivity contribution in [2.24, 2.45) is 0 Å². The first-order valence-electron chi connectivity index (χ1n) is 5.57. The molecule has 0 bridgehead atoms. The van der Waals surface area contributed by atoms with Crippen LogP contribution < -0.4 is 0 Å². The number of carbonyl (C=O) groups excluding carboxylic acids is 1. The maximum atomic E-state index is 13.0. The molecule has 1 rings (SSSR count). The van der Waals surface area contributed by atoms with Gasteiger partial charge in [0.15, 0.2) is 5.78 Å². The summed E-state index contributed by atoms with van der Waals surface area (Å²) in [6, 6.07) is 2.85. The lowest BCUT2D eigenvalue weighted by molar-refractivity contribution is 0.0687. The first kappa shape index (κ1) is 15.5. The van der Waals surface area contributed by atoms with Gasteiger partial charge < -0.3 is 10.2 Å². The molecule has 0 aromatic heterocycles. The van der Waals surface area contributed by atoms with E-state index in [2.05, 4.69) is 0 Å². The Kier molecular flexibility index (Phi) is 5.78. The van der Waals surface area contributed by atoms with Crippen LogP contribution in [0.4, 0.5) is 13.2 Å². The number of hydrogen-bond donors (Lipinski definition) is 2. The van der Waals surface area contributed by atoms with E-state index < -0.39 is 36.9 Å². The Morgan fingerprint density at radius 2 is 2.05 bits per heavy atom. The highest BCUT2D eigenvalue weighted by molar-refractivity contribution is 6.00. The molecule has 0 radical (unpaired) electrons. The van der Waals surface area contributed by atoms with E-state index in [1.54, 1.807) is 0 Å². The van der Waals surface area contributed by atoms with Crippen LogP contribution in [-0.4, -0.2) is 53.6 Å². The smallest absolute Gasteiger partial charge is 0.251 e. The lowest BCUT2D eigenvalue weighted by Gasteiger charge is -2.20. The number of carbonyl (C=O) groups is 1. The Morgan fingerprint density at radius 3 is 2.63 bits per heavy atom. The standard InChI is InChI=1S/C12H14F3NO3/c13-8-1-2-10(18)9(5-8)11(19)6-16(3-4-17)7-12(14)15/h1-2,5,12,17-18H,3-4,6-7H2. The van der Waals surface area contributed by atoms with Crippen molar-refractivity contribution in [2.75, 3.05) is 26.2 Å². The first-order valence-corrected chi connectivity index (χ1v) is 5.57. The van der Waals surface area contributed by atoms with Crippen molar-refractivity contribution in [2.45, 2.75) is 6.43 Å². The summed E-state index contributed by atoms with van der Waals surface area (Å²) >= 11 is 0. The van der Waals surface area contributed by atoms with Gasteiger partial charge in [-0.15, -0.1) is 0 Å². The van der Waals surface area contributed by atoms with Crippen molar-refractivity contribution < 1.29 is 28.2 Å². The fourth-order valence-corrected chi connectivity index (χ4v) is 1.59. The monoisotopic (exact) mass is 277 g/mol. The highest BCUT2D eigenvalue weighted by Gasteiger charge is 2.18. The van der Waals surface area contributed by atoms with Crippen LogP contribution in [0.25, 0.3) is 0 Å². The molecule has 0 aliphatic rings. The molecule has 1 aromatic rings. The molecule has 0 spiro atoms. The number of aromatic hydroxyl groups is 1. The fourth-order valence-electron chi connectivity index (χ4n) is 1.59. The molecule has 19 heavy (non-hydrogen) atoms. The maximum Gasteiger partial charge on any atom is 0.251 e. The van der Waals surface area contributed by atoms with Crippen LogP contribution in [0, 0.1) is 5.82 Å². The zero-order valence-electron chi connectivity index (χ0n) is 10.0. The number of halogens is 3. The number of benzene rings is 1. The van der Waals surface area contributed by atoms with Crippen LogP contribution in [0.15, 0.2) is 18.2 Å². The molecule has 0 aliphatic heterocycles. The molecule has 0 fully saturated rings. The lowest BCUT2D eigenvalue weighted by Crippen LogP contribution is -2.36. The molecule has 4 nitrogen and oxygen atoms in total. The number of phenols is 1. The third-order valence-electron chi connectivity index (χ3n) is 2.44. The van der Waals surface area contributed by atoms with Crippen LogP contribution in [-0.2, 0) is 0 Å². The highest BCUT2D eigenvalue weighted by atomic mass is 19.3. The number of ketones is 1. The molecule has 1 aromatic carbocycles. The summed E-state index contributed by atoms with van der Waals surface area (Å²) < 4.78 is 37.5. The Bertz CT molecular complexity index is 440. The minimum atomic E-state index is -2.65. The van der Waals surface area contributed by atoms with E-state index in [0.717, 1.165) is 23.1 Å². The SMILES string of the molecule is O=C(CN(CCO)CC(F)F)c1cc(F)ccc1O. The fraction of sp³-hybridized carbons (Fsp3) is 0.417. The van der Waals surface area contributed by atoms with Crippen molar-refractivity contribution in [3.05, 3.63) is 29.6 Å². The summed E-state index contributed by atoms with van der Waals surface area (Å²) in [4.78, 5) is 12.8. The summed E-state index contributed by atoms with van der Waals surface area (Å²) in [6.45, 7) is -1.59. The van der Waals surface area contributed by atoms with Gasteiger partial charge in [0.25, 0.3) is 6.43 Å². The largest absolute Gasteiger partial charge is 0.507 e. The number of aliphatic hydroxyl groups is 1. The topological polar surface area (TPSA) is 60.8 Å². The third kappa shape index (κ3) is 4.88. The molecule has 0 aliphatic carbocycles. The number of Topliss-reactive ketones (excluding diaryl/α,β-unsaturated/α-hetero) is 1. The quantitative estimate of drug-likeness (QED) is 0.737. The minimum absolute atomic E-state index is 0.105. The molecule has 2 N–H and O–H groups in total. The van der Waals surface area contributed by atoms with Gasteiger partial charge in [-0.1, -0.05) is 0 Å². The minimum Gasteiger partial charge on any atom is -0.507 e. The molecular weight excluding hydrogens is 263 g/mol. The summed E-state index contributed by atoms with van der Waals surface area (Å²) in [5.74, 6) is -1.80. The summed E-state index contributed by atoms with van der Waals surface area (Å²) in [5.41, 5.74) is -0.266. The van der Waals surface area contributed by atoms with Crippen LogP contribution >= 0.6 is 0 Å². The van der Waals surface area contributed by atoms with E-state index >= 15 is 0 Å². The van der Waals surface area contributed by atoms with Crippen LogP contribution in [0.2, 0.25) is 0 Å². The molecule has 0 amide bonds. The van der Waals surface area contributed by atoms with Crippen molar-refractivity contribution in [3.63, 3.8) is 0 Å². The van der Waals surface area contributed by atoms with Gasteiger partial charge in [-0.2, -0.15) is 0 Å². The zero-order valence-corrected chi connectivity index (χ0v) is 10.0. The van der Waals surface area contributed by atoms with Crippen LogP contribution in [0.1, 0.15) is 10.4 Å². The van der Waals surface area contributed by atoms with Gasteiger partial charge in [0.1, 0.15) is 11.6 Å². The Morgan fingerprint density at radius 1 is 1.37 bits per heavy atom. The average Bonchev–Trinajstić information content (AvgIpc) is 2.31. The molecule has 106 valence electrons. The Hall–Kier alpha value is -1.60. The van der Waals surface area contributed by atoms with Gasteiger partial charge in [-0.25, -0.2) is 13.2 Å². The van der Waals surface area contributed by atoms with E-state index in [9.17, 15) is 23.1 Å². The molecule has 0 saturated heterocycles. The van der Waals surface area contributed by atoms with E-state index in [0.29, 0.717) is 0 Å². The zero-order chi connectivity index (χ0) is 14.4. The number of rotatable bonds is 7. The number of hydrogen-bond acceptors (Lipinski definition) is 4. The van der Waals surface area contributed by atoms with E-state index in [1.807, 2.05) is 0 Å². The Balaban J connectivity index is 2.78. The van der Waals surface area contributed by atoms with Crippen LogP contribution in [0.5, 0.6) is 5.75 Å². The van der Waals surface area contributed by atoms with Gasteiger partial charge in [-0.3, -0.25) is 9.69 Å². The van der Waals surface area contributed by atoms with Gasteiger partial charge in [0.2, 0.25) is 0 Å². The highest BCUT2D eigenvalue weighted by Crippen LogP contribution is 2.18. The van der Waals surface area contributed by atoms with Crippen molar-refractivity contribution in [3.8, 4) is 5.75 Å². The van der Waals surface area contributed by atoms with E-state index in [4.69, 9.17) is 5.11 Å². The summed E-state index contributed by atoms with van der Waals surface area (Å²) in [6.07, 6.45) is -2.65. The molecule has 0 atom stereocenters. The van der Waals surface area contributed by atoms with Gasteiger partial charge in [0, 0.05) is 6.54 Å². The molecular formula is C12H14F3NO3. The summed E-state index contributed by atoms with van der Waals surface area (Å²) in [5, 5.41) is 18.2.